The zero-order valence-electron chi connectivity index (χ0n) is 15.4. The lowest BCUT2D eigenvalue weighted by Gasteiger charge is -2.42. The third-order valence-electron chi connectivity index (χ3n) is 5.91. The molecule has 1 saturated heterocycles. The van der Waals surface area contributed by atoms with E-state index in [-0.39, 0.29) is 11.1 Å². The number of thiocarbonyl (C=S) groups is 1. The van der Waals surface area contributed by atoms with Crippen molar-refractivity contribution in [3.05, 3.63) is 30.1 Å². The van der Waals surface area contributed by atoms with Crippen molar-refractivity contribution in [1.29, 1.82) is 0 Å². The summed E-state index contributed by atoms with van der Waals surface area (Å²) in [6.07, 6.45) is 14.3. The molecule has 1 atom stereocenters. The van der Waals surface area contributed by atoms with Gasteiger partial charge in [-0.25, -0.2) is 4.79 Å². The van der Waals surface area contributed by atoms with Crippen molar-refractivity contribution in [2.75, 3.05) is 6.54 Å². The van der Waals surface area contributed by atoms with Crippen molar-refractivity contribution in [1.82, 2.24) is 9.88 Å². The maximum absolute atomic E-state index is 13.0. The van der Waals surface area contributed by atoms with E-state index < -0.39 is 5.54 Å². The van der Waals surface area contributed by atoms with Gasteiger partial charge in [0.05, 0.1) is 0 Å². The molecule has 1 aliphatic heterocycles. The van der Waals surface area contributed by atoms with Crippen LogP contribution in [0.15, 0.2) is 24.5 Å². The van der Waals surface area contributed by atoms with Crippen LogP contribution in [0.1, 0.15) is 63.4 Å². The van der Waals surface area contributed by atoms with Crippen LogP contribution in [0, 0.1) is 0 Å². The van der Waals surface area contributed by atoms with E-state index in [0.29, 0.717) is 6.04 Å². The second-order valence-electron chi connectivity index (χ2n) is 7.54. The summed E-state index contributed by atoms with van der Waals surface area (Å²) in [5.74, 6) is -0.251. The molecule has 1 saturated carbocycles. The molecule has 2 aliphatic rings. The molecule has 6 heteroatoms. The molecular formula is C20H29N3O2S. The SMILES string of the molecule is NC(=S)OC(=O)[C@]1(CCCc2cccnc2)CCCN1C1CCCCC1. The number of pyridine rings is 1. The topological polar surface area (TPSA) is 68.5 Å². The summed E-state index contributed by atoms with van der Waals surface area (Å²) < 4.78 is 5.28. The largest absolute Gasteiger partial charge is 0.398 e. The van der Waals surface area contributed by atoms with Crippen LogP contribution < -0.4 is 5.73 Å². The van der Waals surface area contributed by atoms with Gasteiger partial charge in [-0.3, -0.25) is 9.88 Å². The zero-order chi connectivity index (χ0) is 18.4. The fraction of sp³-hybridized carbons (Fsp3) is 0.650. The zero-order valence-corrected chi connectivity index (χ0v) is 16.2. The minimum absolute atomic E-state index is 0.169. The molecule has 5 nitrogen and oxygen atoms in total. The molecule has 0 aromatic carbocycles. The maximum Gasteiger partial charge on any atom is 0.333 e. The number of carbonyl (C=O) groups excluding carboxylic acids is 1. The number of hydrogen-bond acceptors (Lipinski definition) is 5. The molecule has 26 heavy (non-hydrogen) atoms. The Morgan fingerprint density at radius 3 is 2.85 bits per heavy atom. The molecule has 142 valence electrons. The van der Waals surface area contributed by atoms with E-state index in [0.717, 1.165) is 38.6 Å². The van der Waals surface area contributed by atoms with E-state index in [2.05, 4.69) is 16.0 Å². The number of aryl methyl sites for hydroxylation is 1. The molecule has 1 aliphatic carbocycles. The van der Waals surface area contributed by atoms with Gasteiger partial charge in [0.25, 0.3) is 5.17 Å². The Morgan fingerprint density at radius 1 is 1.35 bits per heavy atom. The molecule has 2 heterocycles. The van der Waals surface area contributed by atoms with Crippen molar-refractivity contribution in [2.24, 2.45) is 5.73 Å². The minimum atomic E-state index is -0.576. The van der Waals surface area contributed by atoms with Gasteiger partial charge in [0.2, 0.25) is 0 Å². The molecule has 3 rings (SSSR count). The Kier molecular flexibility index (Phi) is 6.59. The Balaban J connectivity index is 1.74. The fourth-order valence-corrected chi connectivity index (χ4v) is 4.81. The lowest BCUT2D eigenvalue weighted by molar-refractivity contribution is -0.150. The van der Waals surface area contributed by atoms with Gasteiger partial charge >= 0.3 is 5.97 Å². The number of nitrogens with two attached hydrogens (primary N) is 1. The standard InChI is InChI=1S/C20H29N3O2S/c21-19(26)25-18(24)20(11-4-7-16-8-5-13-22-15-16)12-6-14-23(20)17-9-2-1-3-10-17/h5,8,13,15,17H,1-4,6-7,9-12,14H2,(H2,21,26)/t20-/m0/s1. The monoisotopic (exact) mass is 375 g/mol. The normalized spacial score (nSPS) is 24.5. The third-order valence-corrected chi connectivity index (χ3v) is 5.99. The minimum Gasteiger partial charge on any atom is -0.398 e. The van der Waals surface area contributed by atoms with Crippen molar-refractivity contribution >= 4 is 23.4 Å². The smallest absolute Gasteiger partial charge is 0.333 e. The van der Waals surface area contributed by atoms with Crippen LogP contribution in [-0.4, -0.2) is 39.2 Å². The summed E-state index contributed by atoms with van der Waals surface area (Å²) in [5, 5.41) is -0.169. The highest BCUT2D eigenvalue weighted by Gasteiger charge is 2.50. The lowest BCUT2D eigenvalue weighted by Crippen LogP contribution is -2.56. The van der Waals surface area contributed by atoms with Gasteiger partial charge in [0.15, 0.2) is 0 Å². The predicted molar refractivity (Wildman–Crippen MR) is 106 cm³/mol. The fourth-order valence-electron chi connectivity index (χ4n) is 4.73. The van der Waals surface area contributed by atoms with E-state index in [1.165, 1.54) is 37.7 Å². The second kappa shape index (κ2) is 8.91. The predicted octanol–water partition coefficient (Wildman–Crippen LogP) is 3.36. The van der Waals surface area contributed by atoms with Crippen molar-refractivity contribution in [2.45, 2.75) is 75.8 Å². The Hall–Kier alpha value is -1.53. The number of nitrogens with zero attached hydrogens (tertiary/aromatic N) is 2. The number of likely N-dealkylation sites (tertiary alicyclic amines) is 1. The Morgan fingerprint density at radius 2 is 2.15 bits per heavy atom. The molecule has 2 N–H and O–H groups in total. The number of hydrogen-bond donors (Lipinski definition) is 1. The molecule has 2 fully saturated rings. The summed E-state index contributed by atoms with van der Waals surface area (Å²) in [6, 6.07) is 4.51. The number of aromatic nitrogens is 1. The first-order chi connectivity index (χ1) is 12.6. The van der Waals surface area contributed by atoms with Crippen LogP contribution in [-0.2, 0) is 16.0 Å². The molecule has 0 spiro atoms. The number of esters is 1. The highest BCUT2D eigenvalue weighted by Crippen LogP contribution is 2.40. The van der Waals surface area contributed by atoms with Gasteiger partial charge in [-0.15, -0.1) is 0 Å². The van der Waals surface area contributed by atoms with Crippen LogP contribution in [0.3, 0.4) is 0 Å². The van der Waals surface area contributed by atoms with E-state index in [4.69, 9.17) is 22.7 Å². The molecule has 0 bridgehead atoms. The van der Waals surface area contributed by atoms with Crippen molar-refractivity contribution < 1.29 is 9.53 Å². The second-order valence-corrected chi connectivity index (χ2v) is 7.95. The van der Waals surface area contributed by atoms with Gasteiger partial charge in [-0.1, -0.05) is 25.3 Å². The van der Waals surface area contributed by atoms with Crippen molar-refractivity contribution in [3.63, 3.8) is 0 Å². The van der Waals surface area contributed by atoms with E-state index in [1.807, 2.05) is 12.3 Å². The van der Waals surface area contributed by atoms with Gasteiger partial charge in [-0.05, 0) is 75.3 Å². The molecule has 0 unspecified atom stereocenters. The molecule has 1 aromatic heterocycles. The summed E-state index contributed by atoms with van der Waals surface area (Å²) in [5.41, 5.74) is 6.15. The third kappa shape index (κ3) is 4.41. The highest BCUT2D eigenvalue weighted by molar-refractivity contribution is 7.80. The Bertz CT molecular complexity index is 619. The van der Waals surface area contributed by atoms with E-state index in [9.17, 15) is 4.79 Å². The lowest BCUT2D eigenvalue weighted by atomic mass is 9.85. The van der Waals surface area contributed by atoms with E-state index >= 15 is 0 Å². The summed E-state index contributed by atoms with van der Waals surface area (Å²) in [6.45, 7) is 0.962. The summed E-state index contributed by atoms with van der Waals surface area (Å²) in [7, 11) is 0. The molecule has 1 aromatic rings. The Labute approximate surface area is 161 Å². The molecular weight excluding hydrogens is 346 g/mol. The van der Waals surface area contributed by atoms with Crippen LogP contribution in [0.25, 0.3) is 0 Å². The first kappa shape index (κ1) is 19.2. The number of rotatable bonds is 6. The van der Waals surface area contributed by atoms with Gasteiger partial charge < -0.3 is 10.5 Å². The maximum atomic E-state index is 13.0. The quantitative estimate of drug-likeness (QED) is 0.607. The average molecular weight is 376 g/mol. The number of ether oxygens (including phenoxy) is 1. The number of carbonyl (C=O) groups is 1. The van der Waals surface area contributed by atoms with Crippen molar-refractivity contribution in [3.8, 4) is 0 Å². The molecule has 0 amide bonds. The summed E-state index contributed by atoms with van der Waals surface area (Å²) >= 11 is 4.85. The molecule has 0 radical (unpaired) electrons. The van der Waals surface area contributed by atoms with Crippen LogP contribution in [0.2, 0.25) is 0 Å². The highest BCUT2D eigenvalue weighted by atomic mass is 32.1. The van der Waals surface area contributed by atoms with Crippen LogP contribution in [0.5, 0.6) is 0 Å². The van der Waals surface area contributed by atoms with E-state index in [1.54, 1.807) is 6.20 Å². The summed E-state index contributed by atoms with van der Waals surface area (Å²) in [4.78, 5) is 19.6. The van der Waals surface area contributed by atoms with Crippen LogP contribution in [0.4, 0.5) is 0 Å². The van der Waals surface area contributed by atoms with Gasteiger partial charge in [-0.2, -0.15) is 0 Å². The average Bonchev–Trinajstić information content (AvgIpc) is 3.08. The van der Waals surface area contributed by atoms with Gasteiger partial charge in [0, 0.05) is 18.4 Å². The first-order valence-electron chi connectivity index (χ1n) is 9.79. The van der Waals surface area contributed by atoms with Crippen LogP contribution >= 0.6 is 12.2 Å². The van der Waals surface area contributed by atoms with Gasteiger partial charge in [0.1, 0.15) is 5.54 Å². The first-order valence-corrected chi connectivity index (χ1v) is 10.2.